The van der Waals surface area contributed by atoms with Crippen molar-refractivity contribution in [3.05, 3.63) is 95.6 Å². The van der Waals surface area contributed by atoms with E-state index in [1.807, 2.05) is 54.6 Å². The van der Waals surface area contributed by atoms with Crippen molar-refractivity contribution in [3.63, 3.8) is 0 Å². The predicted molar refractivity (Wildman–Crippen MR) is 157 cm³/mol. The molecule has 0 aromatic heterocycles. The number of alkyl halides is 2. The second-order valence-corrected chi connectivity index (χ2v) is 12.3. The lowest BCUT2D eigenvalue weighted by Gasteiger charge is -2.27. The molecule has 0 saturated carbocycles. The van der Waals surface area contributed by atoms with Crippen LogP contribution in [0.5, 0.6) is 0 Å². The second kappa shape index (κ2) is 13.6. The van der Waals surface area contributed by atoms with E-state index in [4.69, 9.17) is 9.79 Å². The van der Waals surface area contributed by atoms with Crippen molar-refractivity contribution in [2.24, 2.45) is 0 Å². The third kappa shape index (κ3) is 8.13. The lowest BCUT2D eigenvalue weighted by atomic mass is 10.0. The molecule has 228 valence electrons. The van der Waals surface area contributed by atoms with Crippen LogP contribution in [0.1, 0.15) is 42.9 Å². The molecule has 1 saturated heterocycles. The van der Waals surface area contributed by atoms with E-state index < -0.39 is 42.7 Å². The molecule has 12 heteroatoms. The van der Waals surface area contributed by atoms with E-state index in [0.717, 1.165) is 35.2 Å². The molecule has 0 aliphatic carbocycles. The highest BCUT2D eigenvalue weighted by atomic mass is 31.2. The van der Waals surface area contributed by atoms with Gasteiger partial charge in [0, 0.05) is 32.0 Å². The van der Waals surface area contributed by atoms with E-state index in [2.05, 4.69) is 10.6 Å². The molecule has 3 aromatic rings. The molecule has 3 amide bonds. The van der Waals surface area contributed by atoms with E-state index in [9.17, 15) is 27.7 Å². The molecule has 1 fully saturated rings. The Labute approximate surface area is 248 Å². The van der Waals surface area contributed by atoms with Gasteiger partial charge in [0.15, 0.2) is 0 Å². The fraction of sp³-hybridized carbons (Fsp3) is 0.323. The summed E-state index contributed by atoms with van der Waals surface area (Å²) in [5, 5.41) is 5.31. The van der Waals surface area contributed by atoms with Crippen LogP contribution in [0, 0.1) is 0 Å². The lowest BCUT2D eigenvalue weighted by Crippen LogP contribution is -2.54. The van der Waals surface area contributed by atoms with E-state index in [0.29, 0.717) is 31.5 Å². The zero-order chi connectivity index (χ0) is 31.2. The second-order valence-electron chi connectivity index (χ2n) is 10.6. The number of benzene rings is 3. The summed E-state index contributed by atoms with van der Waals surface area (Å²) >= 11 is 0. The molecule has 0 unspecified atom stereocenters. The van der Waals surface area contributed by atoms with Gasteiger partial charge in [-0.3, -0.25) is 18.9 Å². The minimum Gasteiger partial charge on any atom is -0.344 e. The van der Waals surface area contributed by atoms with Crippen molar-refractivity contribution in [2.75, 3.05) is 6.54 Å². The molecule has 4 rings (SSSR count). The molecule has 2 atom stereocenters. The number of halogens is 2. The number of nitrogens with one attached hydrogen (secondary N) is 2. The number of likely N-dealkylation sites (tertiary alicyclic amines) is 1. The molecule has 0 spiro atoms. The zero-order valence-electron chi connectivity index (χ0n) is 23.6. The number of hydrogen-bond acceptors (Lipinski definition) is 4. The van der Waals surface area contributed by atoms with Gasteiger partial charge in [0.1, 0.15) is 12.1 Å². The normalized spacial score (nSPS) is 16.7. The Morgan fingerprint density at radius 1 is 0.953 bits per heavy atom. The van der Waals surface area contributed by atoms with E-state index in [-0.39, 0.29) is 12.3 Å². The van der Waals surface area contributed by atoms with E-state index in [1.54, 1.807) is 4.90 Å². The van der Waals surface area contributed by atoms with Crippen molar-refractivity contribution >= 4 is 25.3 Å². The molecule has 9 nitrogen and oxygen atoms in total. The largest absolute Gasteiger partial charge is 0.399 e. The topological polar surface area (TPSA) is 136 Å². The van der Waals surface area contributed by atoms with Gasteiger partial charge in [-0.05, 0) is 41.5 Å². The highest BCUT2D eigenvalue weighted by Gasteiger charge is 2.50. The third-order valence-corrected chi connectivity index (χ3v) is 8.32. The first kappa shape index (κ1) is 32.0. The summed E-state index contributed by atoms with van der Waals surface area (Å²) < 4.78 is 39.2. The Morgan fingerprint density at radius 2 is 1.56 bits per heavy atom. The van der Waals surface area contributed by atoms with Crippen LogP contribution in [-0.2, 0) is 37.6 Å². The Morgan fingerprint density at radius 3 is 2.16 bits per heavy atom. The maximum atomic E-state index is 14.0. The molecule has 1 aliphatic heterocycles. The molecule has 0 bridgehead atoms. The Hall–Kier alpha value is -3.92. The van der Waals surface area contributed by atoms with Gasteiger partial charge in [-0.25, -0.2) is 0 Å². The van der Waals surface area contributed by atoms with Gasteiger partial charge in [-0.15, -0.1) is 0 Å². The van der Waals surface area contributed by atoms with Crippen molar-refractivity contribution in [1.29, 1.82) is 0 Å². The van der Waals surface area contributed by atoms with Crippen molar-refractivity contribution < 1.29 is 37.5 Å². The minimum atomic E-state index is -5.73. The van der Waals surface area contributed by atoms with Crippen LogP contribution in [0.15, 0.2) is 78.9 Å². The van der Waals surface area contributed by atoms with E-state index >= 15 is 0 Å². The maximum absolute atomic E-state index is 14.0. The average molecular weight is 614 g/mol. The number of carbonyl (C=O) groups excluding carboxylic acids is 3. The van der Waals surface area contributed by atoms with Gasteiger partial charge in [-0.2, -0.15) is 8.78 Å². The summed E-state index contributed by atoms with van der Waals surface area (Å²) in [6.07, 6.45) is 1.81. The molecule has 4 N–H and O–H groups in total. The summed E-state index contributed by atoms with van der Waals surface area (Å²) in [6.45, 7) is 2.14. The standard InChI is InChI=1S/C31H34F2N3O6P/c1-21(37)34-28(19-22-12-16-26(17-13-22)31(32,33)43(40,41)42)29(38)35-27-9-5-6-18-36(30(27)39)20-23-10-14-25(15-11-23)24-7-3-2-4-8-24/h2-4,7-8,10-17,27-28H,5-6,9,18-20H2,1H3,(H,34,37)(H,35,38)(H2,40,41,42)/t27-,28-/m0/s1. The van der Waals surface area contributed by atoms with Gasteiger partial charge in [0.25, 0.3) is 0 Å². The van der Waals surface area contributed by atoms with Crippen molar-refractivity contribution in [2.45, 2.75) is 56.9 Å². The highest BCUT2D eigenvalue weighted by molar-refractivity contribution is 7.52. The van der Waals surface area contributed by atoms with Gasteiger partial charge in [0.2, 0.25) is 17.7 Å². The number of hydrogen-bond donors (Lipinski definition) is 4. The molecular weight excluding hydrogens is 579 g/mol. The van der Waals surface area contributed by atoms with Gasteiger partial charge >= 0.3 is 13.3 Å². The molecule has 0 radical (unpaired) electrons. The zero-order valence-corrected chi connectivity index (χ0v) is 24.5. The quantitative estimate of drug-likeness (QED) is 0.252. The fourth-order valence-corrected chi connectivity index (χ4v) is 5.51. The van der Waals surface area contributed by atoms with Crippen LogP contribution >= 0.6 is 7.60 Å². The SMILES string of the molecule is CC(=O)N[C@@H](Cc1ccc(C(F)(F)P(=O)(O)O)cc1)C(=O)N[C@H]1CCCCN(Cc2ccc(-c3ccccc3)cc2)C1=O. The number of nitrogens with zero attached hydrogens (tertiary/aromatic N) is 1. The van der Waals surface area contributed by atoms with Crippen LogP contribution in [0.25, 0.3) is 11.1 Å². The Bertz CT molecular complexity index is 1480. The number of rotatable bonds is 10. The fourth-order valence-electron chi connectivity index (χ4n) is 5.02. The highest BCUT2D eigenvalue weighted by Crippen LogP contribution is 2.59. The summed E-state index contributed by atoms with van der Waals surface area (Å²) in [7, 11) is -5.73. The molecule has 3 aromatic carbocycles. The average Bonchev–Trinajstić information content (AvgIpc) is 3.13. The van der Waals surface area contributed by atoms with E-state index in [1.165, 1.54) is 19.1 Å². The minimum absolute atomic E-state index is 0.0917. The Balaban J connectivity index is 1.43. The van der Waals surface area contributed by atoms with Crippen molar-refractivity contribution in [3.8, 4) is 11.1 Å². The molecule has 1 heterocycles. The number of carbonyl (C=O) groups is 3. The monoisotopic (exact) mass is 613 g/mol. The first-order chi connectivity index (χ1) is 20.3. The van der Waals surface area contributed by atoms with Gasteiger partial charge in [-0.1, -0.05) is 78.9 Å². The molecule has 1 aliphatic rings. The summed E-state index contributed by atoms with van der Waals surface area (Å²) in [5.74, 6) is -1.34. The summed E-state index contributed by atoms with van der Waals surface area (Å²) in [4.78, 5) is 58.3. The third-order valence-electron chi connectivity index (χ3n) is 7.33. The summed E-state index contributed by atoms with van der Waals surface area (Å²) in [5.41, 5.74) is -1.77. The smallest absolute Gasteiger partial charge is 0.344 e. The van der Waals surface area contributed by atoms with Gasteiger partial charge in [0.05, 0.1) is 0 Å². The van der Waals surface area contributed by atoms with Crippen molar-refractivity contribution in [1.82, 2.24) is 15.5 Å². The van der Waals surface area contributed by atoms with Crippen LogP contribution in [0.2, 0.25) is 0 Å². The first-order valence-corrected chi connectivity index (χ1v) is 15.5. The summed E-state index contributed by atoms with van der Waals surface area (Å²) in [6, 6.07) is 20.1. The Kier molecular flexibility index (Phi) is 10.1. The first-order valence-electron chi connectivity index (χ1n) is 13.9. The van der Waals surface area contributed by atoms with Crippen LogP contribution in [-0.4, -0.2) is 51.0 Å². The number of amides is 3. The van der Waals surface area contributed by atoms with Gasteiger partial charge < -0.3 is 25.3 Å². The molecule has 43 heavy (non-hydrogen) atoms. The maximum Gasteiger partial charge on any atom is 0.399 e. The molecular formula is C31H34F2N3O6P. The van der Waals surface area contributed by atoms with Crippen LogP contribution in [0.4, 0.5) is 8.78 Å². The van der Waals surface area contributed by atoms with Crippen LogP contribution < -0.4 is 10.6 Å². The lowest BCUT2D eigenvalue weighted by molar-refractivity contribution is -0.137. The predicted octanol–water partition coefficient (Wildman–Crippen LogP) is 4.33. The van der Waals surface area contributed by atoms with Crippen LogP contribution in [0.3, 0.4) is 0 Å².